The predicted octanol–water partition coefficient (Wildman–Crippen LogP) is 4.98. The number of carbonyl (C=O) groups is 2. The van der Waals surface area contributed by atoms with Gasteiger partial charge in [0.2, 0.25) is 0 Å². The van der Waals surface area contributed by atoms with E-state index in [1.54, 1.807) is 33.6 Å². The van der Waals surface area contributed by atoms with E-state index >= 15 is 0 Å². The minimum absolute atomic E-state index is 0.125. The number of nitrogens with one attached hydrogen (secondary N) is 2. The molecule has 0 radical (unpaired) electrons. The topological polar surface area (TPSA) is 199 Å². The number of rotatable bonds is 8. The molecule has 4 aromatic heterocycles. The molecule has 368 valence electrons. The first-order valence-corrected chi connectivity index (χ1v) is 24.5. The number of ether oxygens (including phenoxy) is 2. The molecule has 1 unspecified atom stereocenters. The van der Waals surface area contributed by atoms with Crippen molar-refractivity contribution in [3.8, 4) is 46.0 Å². The number of pyridine rings is 2. The van der Waals surface area contributed by atoms with Crippen LogP contribution >= 0.6 is 0 Å². The van der Waals surface area contributed by atoms with E-state index in [9.17, 15) is 28.9 Å². The molecular formula is C52H52F2N14O4. The summed E-state index contributed by atoms with van der Waals surface area (Å²) in [5, 5.41) is 34.4. The van der Waals surface area contributed by atoms with Gasteiger partial charge in [-0.05, 0) is 62.1 Å². The van der Waals surface area contributed by atoms with Gasteiger partial charge in [0.15, 0.2) is 11.6 Å². The Hall–Kier alpha value is -7.62. The number of hydrogen-bond donors (Lipinski definition) is 2. The van der Waals surface area contributed by atoms with Crippen LogP contribution < -0.4 is 20.4 Å². The molecule has 6 aliphatic rings. The molecule has 4 fully saturated rings. The van der Waals surface area contributed by atoms with Gasteiger partial charge in [0, 0.05) is 89.0 Å². The lowest BCUT2D eigenvalue weighted by Gasteiger charge is -2.40. The average Bonchev–Trinajstić information content (AvgIpc) is 4.27. The number of nitriles is 2. The summed E-state index contributed by atoms with van der Waals surface area (Å²) in [6.45, 7) is 11.0. The first-order valence-electron chi connectivity index (χ1n) is 24.5. The van der Waals surface area contributed by atoms with Crippen LogP contribution in [-0.4, -0.2) is 142 Å². The number of hydrogen-bond acceptors (Lipinski definition) is 14. The van der Waals surface area contributed by atoms with Gasteiger partial charge in [0.25, 0.3) is 11.8 Å². The highest BCUT2D eigenvalue weighted by atomic mass is 19.1. The lowest BCUT2D eigenvalue weighted by atomic mass is 10.0. The number of carbonyl (C=O) groups excluding carboxylic acids is 2. The summed E-state index contributed by atoms with van der Waals surface area (Å²) < 4.78 is 44.0. The van der Waals surface area contributed by atoms with Crippen molar-refractivity contribution >= 4 is 23.5 Å². The Kier molecular flexibility index (Phi) is 13.1. The van der Waals surface area contributed by atoms with Crippen LogP contribution in [0.3, 0.4) is 0 Å². The van der Waals surface area contributed by atoms with Crippen molar-refractivity contribution in [1.82, 2.24) is 50.0 Å². The molecule has 2 atom stereocenters. The molecule has 0 spiro atoms. The Morgan fingerprint density at radius 1 is 0.583 bits per heavy atom. The van der Waals surface area contributed by atoms with Gasteiger partial charge in [-0.2, -0.15) is 20.7 Å². The number of morpholine rings is 2. The van der Waals surface area contributed by atoms with Crippen molar-refractivity contribution in [2.24, 2.45) is 0 Å². The summed E-state index contributed by atoms with van der Waals surface area (Å²) in [6.07, 6.45) is 8.12. The minimum Gasteiger partial charge on any atom is -0.379 e. The molecule has 0 saturated carbocycles. The molecule has 12 rings (SSSR count). The van der Waals surface area contributed by atoms with Crippen LogP contribution in [0.5, 0.6) is 0 Å². The zero-order valence-electron chi connectivity index (χ0n) is 39.6. The van der Waals surface area contributed by atoms with Gasteiger partial charge in [0.05, 0.1) is 119 Å². The maximum Gasteiger partial charge on any atom is 0.255 e. The Labute approximate surface area is 414 Å². The van der Waals surface area contributed by atoms with Gasteiger partial charge in [-0.3, -0.25) is 19.4 Å². The molecule has 0 aliphatic carbocycles. The number of piperidine rings is 2. The maximum absolute atomic E-state index is 14.8. The average molecular weight is 975 g/mol. The van der Waals surface area contributed by atoms with E-state index < -0.39 is 11.6 Å². The smallest absolute Gasteiger partial charge is 0.255 e. The molecule has 2 N–H and O–H groups in total. The molecule has 72 heavy (non-hydrogen) atoms. The number of aromatic nitrogens is 6. The van der Waals surface area contributed by atoms with Crippen LogP contribution in [0.4, 0.5) is 20.4 Å². The summed E-state index contributed by atoms with van der Waals surface area (Å²) >= 11 is 0. The summed E-state index contributed by atoms with van der Waals surface area (Å²) in [4.78, 5) is 44.0. The highest BCUT2D eigenvalue weighted by Gasteiger charge is 2.33. The van der Waals surface area contributed by atoms with E-state index in [1.165, 1.54) is 24.3 Å². The van der Waals surface area contributed by atoms with Crippen LogP contribution in [0.15, 0.2) is 73.1 Å². The third kappa shape index (κ3) is 9.14. The number of halogens is 2. The fourth-order valence-corrected chi connectivity index (χ4v) is 10.8. The van der Waals surface area contributed by atoms with Gasteiger partial charge < -0.3 is 29.9 Å². The van der Waals surface area contributed by atoms with Crippen molar-refractivity contribution in [2.75, 3.05) is 88.6 Å². The second-order valence-electron chi connectivity index (χ2n) is 18.6. The molecular weight excluding hydrogens is 923 g/mol. The second-order valence-corrected chi connectivity index (χ2v) is 18.6. The second kappa shape index (κ2) is 20.2. The summed E-state index contributed by atoms with van der Waals surface area (Å²) in [5.41, 5.74) is 4.15. The molecule has 4 saturated heterocycles. The number of nitrogens with zero attached hydrogens (tertiary/aromatic N) is 12. The standard InChI is InChI=1S/2C26H26FN7O2/c2*27-19-5-1-3-17(14-28)24(19)20-13-22(25-21(30-20)15-29-26(25)35)34-8-6-23(31-34)33-7-2-4-18(16-33)32-9-11-36-12-10-32/h2*1,3,5-6,8,13,18H,2,4,7,9-12,15-16H2,(H,29,35)/t18-;/m1./s1. The quantitative estimate of drug-likeness (QED) is 0.207. The molecule has 20 heteroatoms. The Morgan fingerprint density at radius 2 is 1.01 bits per heavy atom. The lowest BCUT2D eigenvalue weighted by Crippen LogP contribution is -2.51. The Morgan fingerprint density at radius 3 is 1.43 bits per heavy atom. The SMILES string of the molecule is N#Cc1cccc(F)c1-c1cc(-n2ccc(N3CCCC(N4CCOCC4)C3)n2)c2c(n1)CNC2=O.N#Cc1cccc(F)c1-c1cc(-n2ccc(N3CCC[C@@H](N4CCOCC4)C3)n2)c2c(n1)CNC2=O. The molecule has 2 amide bonds. The number of amides is 2. The van der Waals surface area contributed by atoms with E-state index in [-0.39, 0.29) is 47.2 Å². The van der Waals surface area contributed by atoms with E-state index in [0.29, 0.717) is 57.4 Å². The van der Waals surface area contributed by atoms with Crippen molar-refractivity contribution in [2.45, 2.75) is 50.9 Å². The summed E-state index contributed by atoms with van der Waals surface area (Å²) in [6, 6.07) is 20.9. The van der Waals surface area contributed by atoms with Crippen LogP contribution in [0.1, 0.15) is 68.9 Å². The lowest BCUT2D eigenvalue weighted by molar-refractivity contribution is 0.0136. The first-order chi connectivity index (χ1) is 35.2. The van der Waals surface area contributed by atoms with Crippen LogP contribution in [0, 0.1) is 34.3 Å². The molecule has 6 aliphatic heterocycles. The first kappa shape index (κ1) is 46.7. The van der Waals surface area contributed by atoms with Crippen LogP contribution in [0.2, 0.25) is 0 Å². The highest BCUT2D eigenvalue weighted by Crippen LogP contribution is 2.34. The number of benzene rings is 2. The minimum atomic E-state index is -0.534. The third-order valence-electron chi connectivity index (χ3n) is 14.4. The van der Waals surface area contributed by atoms with E-state index in [1.807, 2.05) is 36.7 Å². The van der Waals surface area contributed by atoms with Crippen molar-refractivity contribution in [1.29, 1.82) is 10.5 Å². The summed E-state index contributed by atoms with van der Waals surface area (Å²) in [7, 11) is 0. The van der Waals surface area contributed by atoms with Gasteiger partial charge >= 0.3 is 0 Å². The van der Waals surface area contributed by atoms with E-state index in [4.69, 9.17) is 19.7 Å². The van der Waals surface area contributed by atoms with Crippen molar-refractivity contribution in [3.63, 3.8) is 0 Å². The molecule has 0 bridgehead atoms. The molecule has 18 nitrogen and oxygen atoms in total. The zero-order chi connectivity index (χ0) is 49.3. The normalized spacial score (nSPS) is 20.2. The monoisotopic (exact) mass is 974 g/mol. The van der Waals surface area contributed by atoms with Crippen LogP contribution in [0.25, 0.3) is 33.9 Å². The van der Waals surface area contributed by atoms with Gasteiger partial charge in [-0.25, -0.2) is 28.1 Å². The third-order valence-corrected chi connectivity index (χ3v) is 14.4. The maximum atomic E-state index is 14.8. The van der Waals surface area contributed by atoms with Gasteiger partial charge in [-0.1, -0.05) is 12.1 Å². The van der Waals surface area contributed by atoms with E-state index in [0.717, 1.165) is 116 Å². The Bertz CT molecular complexity index is 2920. The Balaban J connectivity index is 0.000000156. The highest BCUT2D eigenvalue weighted by molar-refractivity contribution is 6.02. The molecule has 6 aromatic rings. The predicted molar refractivity (Wildman–Crippen MR) is 261 cm³/mol. The number of fused-ring (bicyclic) bond motifs is 2. The van der Waals surface area contributed by atoms with Crippen LogP contribution in [-0.2, 0) is 22.6 Å². The summed E-state index contributed by atoms with van der Waals surface area (Å²) in [5.74, 6) is 0.122. The van der Waals surface area contributed by atoms with Gasteiger partial charge in [0.1, 0.15) is 11.6 Å². The largest absolute Gasteiger partial charge is 0.379 e. The van der Waals surface area contributed by atoms with Gasteiger partial charge in [-0.15, -0.1) is 0 Å². The molecule has 10 heterocycles. The fraction of sp³-hybridized carbons (Fsp3) is 0.385. The zero-order valence-corrected chi connectivity index (χ0v) is 39.6. The van der Waals surface area contributed by atoms with E-state index in [2.05, 4.69) is 40.2 Å². The number of anilines is 2. The van der Waals surface area contributed by atoms with Crippen molar-refractivity contribution in [3.05, 3.63) is 118 Å². The van der Waals surface area contributed by atoms with Crippen molar-refractivity contribution < 1.29 is 27.8 Å². The fourth-order valence-electron chi connectivity index (χ4n) is 10.8. The molecule has 2 aromatic carbocycles.